The zero-order valence-corrected chi connectivity index (χ0v) is 7.17. The summed E-state index contributed by atoms with van der Waals surface area (Å²) in [6.45, 7) is 1.87. The third-order valence-electron chi connectivity index (χ3n) is 1.30. The van der Waals surface area contributed by atoms with Crippen molar-refractivity contribution in [1.82, 2.24) is 9.97 Å². The molecule has 1 N–H and O–H groups in total. The highest BCUT2D eigenvalue weighted by Gasteiger charge is 2.08. The lowest BCUT2D eigenvalue weighted by Crippen LogP contribution is -2.06. The van der Waals surface area contributed by atoms with Crippen LogP contribution in [0.3, 0.4) is 0 Å². The second-order valence-corrected chi connectivity index (χ2v) is 2.55. The summed E-state index contributed by atoms with van der Waals surface area (Å²) in [5, 5.41) is 8.71. The van der Waals surface area contributed by atoms with E-state index in [9.17, 15) is 4.79 Å². The normalized spacial score (nSPS) is 9.83. The molecule has 0 saturated heterocycles. The number of carbonyl (C=O) groups is 1. The molecular weight excluding hydrogens is 180 g/mol. The molecule has 0 amide bonds. The molecule has 0 bridgehead atoms. The summed E-state index contributed by atoms with van der Waals surface area (Å²) < 4.78 is 0. The Morgan fingerprint density at radius 3 is 2.83 bits per heavy atom. The number of carboxylic acid groups (broad SMARTS) is 1. The van der Waals surface area contributed by atoms with Gasteiger partial charge in [0.15, 0.2) is 0 Å². The third kappa shape index (κ3) is 1.92. The van der Waals surface area contributed by atoms with Crippen LogP contribution in [0, 0.1) is 0 Å². The number of aryl methyl sites for hydroxylation is 1. The van der Waals surface area contributed by atoms with Crippen molar-refractivity contribution in [2.24, 2.45) is 0 Å². The fourth-order valence-corrected chi connectivity index (χ4v) is 0.947. The minimum atomic E-state index is -1.16. The molecule has 0 unspecified atom stereocenters. The Hall–Kier alpha value is -1.16. The van der Waals surface area contributed by atoms with Crippen LogP contribution >= 0.6 is 11.6 Å². The van der Waals surface area contributed by atoms with Gasteiger partial charge in [0.25, 0.3) is 0 Å². The number of halogens is 1. The lowest BCUT2D eigenvalue weighted by Gasteiger charge is -1.98. The first-order chi connectivity index (χ1) is 5.63. The molecule has 0 saturated carbocycles. The summed E-state index contributed by atoms with van der Waals surface area (Å²) >= 11 is 5.56. The molecule has 0 aliphatic carbocycles. The van der Waals surface area contributed by atoms with Gasteiger partial charge in [-0.05, 0) is 12.5 Å². The van der Waals surface area contributed by atoms with E-state index in [1.54, 1.807) is 6.07 Å². The van der Waals surface area contributed by atoms with Crippen LogP contribution in [0.4, 0.5) is 0 Å². The van der Waals surface area contributed by atoms with Crippen molar-refractivity contribution in [3.05, 3.63) is 22.7 Å². The largest absolute Gasteiger partial charge is 0.475 e. The van der Waals surface area contributed by atoms with Gasteiger partial charge in [0.05, 0.1) is 0 Å². The van der Waals surface area contributed by atoms with Gasteiger partial charge in [-0.1, -0.05) is 18.5 Å². The van der Waals surface area contributed by atoms with Crippen LogP contribution in [0.1, 0.15) is 23.2 Å². The van der Waals surface area contributed by atoms with Crippen molar-refractivity contribution < 1.29 is 9.90 Å². The number of hydrogen-bond donors (Lipinski definition) is 1. The van der Waals surface area contributed by atoms with Crippen LogP contribution in [-0.4, -0.2) is 21.0 Å². The number of rotatable bonds is 2. The molecule has 4 nitrogen and oxygen atoms in total. The molecule has 0 spiro atoms. The van der Waals surface area contributed by atoms with E-state index in [1.807, 2.05) is 6.92 Å². The van der Waals surface area contributed by atoms with E-state index in [2.05, 4.69) is 9.97 Å². The number of aromatic nitrogens is 2. The van der Waals surface area contributed by atoms with Crippen LogP contribution in [0.25, 0.3) is 0 Å². The van der Waals surface area contributed by atoms with Crippen LogP contribution in [0.15, 0.2) is 6.07 Å². The third-order valence-corrected chi connectivity index (χ3v) is 1.50. The van der Waals surface area contributed by atoms with E-state index in [-0.39, 0.29) is 11.0 Å². The summed E-state index contributed by atoms with van der Waals surface area (Å²) in [5.74, 6) is -1.41. The van der Waals surface area contributed by atoms with Gasteiger partial charge in [-0.15, -0.1) is 0 Å². The second kappa shape index (κ2) is 3.49. The fourth-order valence-electron chi connectivity index (χ4n) is 0.741. The summed E-state index contributed by atoms with van der Waals surface area (Å²) in [4.78, 5) is 17.7. The van der Waals surface area contributed by atoms with Crippen LogP contribution in [0.2, 0.25) is 5.15 Å². The van der Waals surface area contributed by atoms with Crippen molar-refractivity contribution in [2.45, 2.75) is 13.3 Å². The quantitative estimate of drug-likeness (QED) is 0.709. The number of nitrogens with zero attached hydrogens (tertiary/aromatic N) is 2. The van der Waals surface area contributed by atoms with Gasteiger partial charge >= 0.3 is 5.97 Å². The average Bonchev–Trinajstić information content (AvgIpc) is 2.03. The Balaban J connectivity index is 3.15. The smallest absolute Gasteiger partial charge is 0.373 e. The van der Waals surface area contributed by atoms with Gasteiger partial charge in [0, 0.05) is 5.69 Å². The average molecular weight is 187 g/mol. The molecule has 1 aromatic rings. The summed E-state index contributed by atoms with van der Waals surface area (Å²) in [6.07, 6.45) is 0.641. The summed E-state index contributed by atoms with van der Waals surface area (Å²) in [6, 6.07) is 1.55. The first-order valence-electron chi connectivity index (χ1n) is 3.40. The SMILES string of the molecule is CCc1cc(Cl)nc(C(=O)O)n1. The molecule has 1 aromatic heterocycles. The zero-order chi connectivity index (χ0) is 9.14. The second-order valence-electron chi connectivity index (χ2n) is 2.16. The number of hydrogen-bond acceptors (Lipinski definition) is 3. The van der Waals surface area contributed by atoms with E-state index in [0.717, 1.165) is 0 Å². The molecule has 0 radical (unpaired) electrons. The molecule has 12 heavy (non-hydrogen) atoms. The predicted octanol–water partition coefficient (Wildman–Crippen LogP) is 1.39. The van der Waals surface area contributed by atoms with Crippen LogP contribution < -0.4 is 0 Å². The number of carboxylic acids is 1. The van der Waals surface area contributed by atoms with Gasteiger partial charge in [0.1, 0.15) is 5.15 Å². The topological polar surface area (TPSA) is 63.1 Å². The number of aromatic carboxylic acids is 1. The van der Waals surface area contributed by atoms with Gasteiger partial charge in [-0.25, -0.2) is 14.8 Å². The first-order valence-corrected chi connectivity index (χ1v) is 3.78. The highest BCUT2D eigenvalue weighted by molar-refractivity contribution is 6.29. The maximum atomic E-state index is 10.4. The molecule has 5 heteroatoms. The van der Waals surface area contributed by atoms with Crippen LogP contribution in [0.5, 0.6) is 0 Å². The minimum Gasteiger partial charge on any atom is -0.475 e. The monoisotopic (exact) mass is 186 g/mol. The molecule has 1 rings (SSSR count). The molecule has 0 fully saturated rings. The van der Waals surface area contributed by atoms with Gasteiger partial charge in [-0.3, -0.25) is 0 Å². The molecule has 64 valence electrons. The zero-order valence-electron chi connectivity index (χ0n) is 6.41. The van der Waals surface area contributed by atoms with Crippen molar-refractivity contribution in [3.63, 3.8) is 0 Å². The van der Waals surface area contributed by atoms with Crippen molar-refractivity contribution in [2.75, 3.05) is 0 Å². The lowest BCUT2D eigenvalue weighted by atomic mass is 10.3. The molecule has 0 aromatic carbocycles. The highest BCUT2D eigenvalue weighted by atomic mass is 35.5. The molecule has 1 heterocycles. The maximum Gasteiger partial charge on any atom is 0.373 e. The molecule has 0 atom stereocenters. The summed E-state index contributed by atoms with van der Waals surface area (Å²) in [7, 11) is 0. The Bertz CT molecular complexity index is 314. The van der Waals surface area contributed by atoms with Crippen molar-refractivity contribution in [3.8, 4) is 0 Å². The van der Waals surface area contributed by atoms with Gasteiger partial charge < -0.3 is 5.11 Å². The highest BCUT2D eigenvalue weighted by Crippen LogP contribution is 2.07. The standard InChI is InChI=1S/C7H7ClN2O2/c1-2-4-3-5(8)10-6(9-4)7(11)12/h3H,2H2,1H3,(H,11,12). The predicted molar refractivity (Wildman–Crippen MR) is 43.4 cm³/mol. The molecule has 0 aliphatic heterocycles. The van der Waals surface area contributed by atoms with E-state index in [1.165, 1.54) is 0 Å². The van der Waals surface area contributed by atoms with Gasteiger partial charge in [-0.2, -0.15) is 0 Å². The minimum absolute atomic E-state index is 0.166. The summed E-state index contributed by atoms with van der Waals surface area (Å²) in [5.41, 5.74) is 0.632. The molecule has 0 aliphatic rings. The van der Waals surface area contributed by atoms with Crippen molar-refractivity contribution >= 4 is 17.6 Å². The molecular formula is C7H7ClN2O2. The Kier molecular flexibility index (Phi) is 2.60. The van der Waals surface area contributed by atoms with E-state index in [0.29, 0.717) is 12.1 Å². The first kappa shape index (κ1) is 8.93. The van der Waals surface area contributed by atoms with E-state index < -0.39 is 5.97 Å². The lowest BCUT2D eigenvalue weighted by molar-refractivity contribution is 0.0683. The Morgan fingerprint density at radius 1 is 1.67 bits per heavy atom. The van der Waals surface area contributed by atoms with E-state index >= 15 is 0 Å². The van der Waals surface area contributed by atoms with Crippen LogP contribution in [-0.2, 0) is 6.42 Å². The Morgan fingerprint density at radius 2 is 2.33 bits per heavy atom. The Labute approximate surface area is 74.2 Å². The van der Waals surface area contributed by atoms with E-state index in [4.69, 9.17) is 16.7 Å². The maximum absolute atomic E-state index is 10.4. The van der Waals surface area contributed by atoms with Gasteiger partial charge in [0.2, 0.25) is 5.82 Å². The fraction of sp³-hybridized carbons (Fsp3) is 0.286. The van der Waals surface area contributed by atoms with Crippen molar-refractivity contribution in [1.29, 1.82) is 0 Å².